The molecule has 1 heterocycles. The van der Waals surface area contributed by atoms with Crippen molar-refractivity contribution in [3.63, 3.8) is 0 Å². The summed E-state index contributed by atoms with van der Waals surface area (Å²) in [4.78, 5) is 15.5. The predicted octanol–water partition coefficient (Wildman–Crippen LogP) is 2.56. The standard InChI is InChI=1S/C12H18BrN3O/c1-3-9(2)16-12(17)5-7-15-11-4-6-14-8-10(11)13/h4,6,8-9H,3,5,7H2,1-2H3,(H,14,15)(H,16,17). The van der Waals surface area contributed by atoms with Gasteiger partial charge < -0.3 is 10.6 Å². The molecule has 2 N–H and O–H groups in total. The number of hydrogen-bond donors (Lipinski definition) is 2. The summed E-state index contributed by atoms with van der Waals surface area (Å²) >= 11 is 3.39. The summed E-state index contributed by atoms with van der Waals surface area (Å²) in [6.07, 6.45) is 4.86. The van der Waals surface area contributed by atoms with Gasteiger partial charge in [-0.05, 0) is 35.3 Å². The van der Waals surface area contributed by atoms with E-state index < -0.39 is 0 Å². The van der Waals surface area contributed by atoms with Crippen molar-refractivity contribution >= 4 is 27.5 Å². The van der Waals surface area contributed by atoms with Gasteiger partial charge in [0.15, 0.2) is 0 Å². The number of amides is 1. The van der Waals surface area contributed by atoms with Gasteiger partial charge in [-0.1, -0.05) is 6.92 Å². The van der Waals surface area contributed by atoms with Crippen molar-refractivity contribution in [3.8, 4) is 0 Å². The number of carbonyl (C=O) groups is 1. The summed E-state index contributed by atoms with van der Waals surface area (Å²) in [5.41, 5.74) is 0.955. The molecule has 5 heteroatoms. The van der Waals surface area contributed by atoms with E-state index in [9.17, 15) is 4.79 Å². The molecule has 0 aliphatic carbocycles. The molecular weight excluding hydrogens is 282 g/mol. The van der Waals surface area contributed by atoms with Crippen molar-refractivity contribution < 1.29 is 4.79 Å². The summed E-state index contributed by atoms with van der Waals surface area (Å²) in [5, 5.41) is 6.11. The van der Waals surface area contributed by atoms with Gasteiger partial charge in [0.05, 0.1) is 10.2 Å². The molecule has 17 heavy (non-hydrogen) atoms. The number of halogens is 1. The molecule has 1 aromatic rings. The normalized spacial score (nSPS) is 11.9. The van der Waals surface area contributed by atoms with Gasteiger partial charge in [0, 0.05) is 31.4 Å². The first-order chi connectivity index (χ1) is 8.13. The van der Waals surface area contributed by atoms with E-state index in [1.165, 1.54) is 0 Å². The monoisotopic (exact) mass is 299 g/mol. The van der Waals surface area contributed by atoms with Gasteiger partial charge in [0.25, 0.3) is 0 Å². The third-order valence-electron chi connectivity index (χ3n) is 2.46. The average molecular weight is 300 g/mol. The zero-order valence-electron chi connectivity index (χ0n) is 10.2. The van der Waals surface area contributed by atoms with Crippen molar-refractivity contribution in [1.82, 2.24) is 10.3 Å². The zero-order chi connectivity index (χ0) is 12.7. The molecule has 94 valence electrons. The molecule has 1 atom stereocenters. The van der Waals surface area contributed by atoms with Crippen LogP contribution in [0.5, 0.6) is 0 Å². The first-order valence-electron chi connectivity index (χ1n) is 5.76. The first-order valence-corrected chi connectivity index (χ1v) is 6.55. The zero-order valence-corrected chi connectivity index (χ0v) is 11.8. The quantitative estimate of drug-likeness (QED) is 0.849. The van der Waals surface area contributed by atoms with E-state index >= 15 is 0 Å². The molecular formula is C12H18BrN3O. The number of nitrogens with zero attached hydrogens (tertiary/aromatic N) is 1. The van der Waals surface area contributed by atoms with Crippen LogP contribution in [0.1, 0.15) is 26.7 Å². The van der Waals surface area contributed by atoms with Crippen LogP contribution in [0.3, 0.4) is 0 Å². The number of aromatic nitrogens is 1. The second kappa shape index (κ2) is 7.27. The van der Waals surface area contributed by atoms with Crippen LogP contribution in [0.25, 0.3) is 0 Å². The Labute approximate surface area is 110 Å². The minimum Gasteiger partial charge on any atom is -0.384 e. The minimum absolute atomic E-state index is 0.0806. The molecule has 0 radical (unpaired) electrons. The lowest BCUT2D eigenvalue weighted by atomic mass is 10.2. The van der Waals surface area contributed by atoms with Gasteiger partial charge in [0.1, 0.15) is 0 Å². The van der Waals surface area contributed by atoms with Crippen LogP contribution in [0.15, 0.2) is 22.9 Å². The number of rotatable bonds is 6. The van der Waals surface area contributed by atoms with Crippen molar-refractivity contribution in [2.24, 2.45) is 0 Å². The second-order valence-corrected chi connectivity index (χ2v) is 4.76. The fraction of sp³-hybridized carbons (Fsp3) is 0.500. The maximum absolute atomic E-state index is 11.5. The number of anilines is 1. The third kappa shape index (κ3) is 5.17. The number of carbonyl (C=O) groups excluding carboxylic acids is 1. The van der Waals surface area contributed by atoms with Crippen LogP contribution in [-0.2, 0) is 4.79 Å². The largest absolute Gasteiger partial charge is 0.384 e. The van der Waals surface area contributed by atoms with Crippen molar-refractivity contribution in [1.29, 1.82) is 0 Å². The number of pyridine rings is 1. The molecule has 1 aromatic heterocycles. The van der Waals surface area contributed by atoms with Crippen LogP contribution in [-0.4, -0.2) is 23.5 Å². The molecule has 0 aromatic carbocycles. The average Bonchev–Trinajstić information content (AvgIpc) is 2.31. The fourth-order valence-corrected chi connectivity index (χ4v) is 1.67. The van der Waals surface area contributed by atoms with Crippen molar-refractivity contribution in [3.05, 3.63) is 22.9 Å². The molecule has 0 aliphatic rings. The smallest absolute Gasteiger partial charge is 0.221 e. The fourth-order valence-electron chi connectivity index (χ4n) is 1.28. The highest BCUT2D eigenvalue weighted by Crippen LogP contribution is 2.19. The molecule has 0 saturated heterocycles. The maximum atomic E-state index is 11.5. The SMILES string of the molecule is CCC(C)NC(=O)CCNc1ccncc1Br. The Morgan fingerprint density at radius 2 is 2.35 bits per heavy atom. The van der Waals surface area contributed by atoms with Crippen LogP contribution in [0, 0.1) is 0 Å². The predicted molar refractivity (Wildman–Crippen MR) is 72.9 cm³/mol. The Hall–Kier alpha value is -1.10. The molecule has 0 bridgehead atoms. The van der Waals surface area contributed by atoms with E-state index in [0.29, 0.717) is 13.0 Å². The summed E-state index contributed by atoms with van der Waals surface area (Å²) in [7, 11) is 0. The van der Waals surface area contributed by atoms with E-state index in [4.69, 9.17) is 0 Å². The van der Waals surface area contributed by atoms with E-state index in [1.54, 1.807) is 12.4 Å². The molecule has 0 fully saturated rings. The Kier molecular flexibility index (Phi) is 5.97. The van der Waals surface area contributed by atoms with Gasteiger partial charge in [0.2, 0.25) is 5.91 Å². The first kappa shape index (κ1) is 14.0. The molecule has 1 unspecified atom stereocenters. The minimum atomic E-state index is 0.0806. The lowest BCUT2D eigenvalue weighted by molar-refractivity contribution is -0.121. The van der Waals surface area contributed by atoms with E-state index in [2.05, 4.69) is 38.5 Å². The van der Waals surface area contributed by atoms with Gasteiger partial charge in [-0.15, -0.1) is 0 Å². The second-order valence-electron chi connectivity index (χ2n) is 3.91. The van der Waals surface area contributed by atoms with Gasteiger partial charge in [-0.2, -0.15) is 0 Å². The molecule has 0 aliphatic heterocycles. The molecule has 0 saturated carbocycles. The summed E-state index contributed by atoms with van der Waals surface area (Å²) < 4.78 is 0.905. The van der Waals surface area contributed by atoms with E-state index in [0.717, 1.165) is 16.6 Å². The van der Waals surface area contributed by atoms with Crippen molar-refractivity contribution in [2.45, 2.75) is 32.7 Å². The molecule has 1 amide bonds. The Bertz CT molecular complexity index is 371. The van der Waals surface area contributed by atoms with Gasteiger partial charge in [-0.3, -0.25) is 9.78 Å². The Balaban J connectivity index is 2.29. The molecule has 1 rings (SSSR count). The maximum Gasteiger partial charge on any atom is 0.221 e. The summed E-state index contributed by atoms with van der Waals surface area (Å²) in [5.74, 6) is 0.0806. The van der Waals surface area contributed by atoms with Crippen LogP contribution >= 0.6 is 15.9 Å². The summed E-state index contributed by atoms with van der Waals surface area (Å²) in [6, 6.07) is 2.12. The van der Waals surface area contributed by atoms with E-state index in [-0.39, 0.29) is 11.9 Å². The Morgan fingerprint density at radius 1 is 1.59 bits per heavy atom. The topological polar surface area (TPSA) is 54.0 Å². The van der Waals surface area contributed by atoms with Crippen LogP contribution in [0.4, 0.5) is 5.69 Å². The summed E-state index contributed by atoms with van der Waals surface area (Å²) in [6.45, 7) is 4.67. The van der Waals surface area contributed by atoms with Gasteiger partial charge in [-0.25, -0.2) is 0 Å². The lowest BCUT2D eigenvalue weighted by Gasteiger charge is -2.12. The third-order valence-corrected chi connectivity index (χ3v) is 3.09. The molecule has 0 spiro atoms. The lowest BCUT2D eigenvalue weighted by Crippen LogP contribution is -2.32. The van der Waals surface area contributed by atoms with Crippen molar-refractivity contribution in [2.75, 3.05) is 11.9 Å². The number of hydrogen-bond acceptors (Lipinski definition) is 3. The van der Waals surface area contributed by atoms with Crippen LogP contribution < -0.4 is 10.6 Å². The van der Waals surface area contributed by atoms with E-state index in [1.807, 2.05) is 13.0 Å². The number of nitrogens with one attached hydrogen (secondary N) is 2. The highest BCUT2D eigenvalue weighted by atomic mass is 79.9. The highest BCUT2D eigenvalue weighted by molar-refractivity contribution is 9.10. The Morgan fingerprint density at radius 3 is 3.00 bits per heavy atom. The van der Waals surface area contributed by atoms with Crippen LogP contribution in [0.2, 0.25) is 0 Å². The molecule has 4 nitrogen and oxygen atoms in total. The highest BCUT2D eigenvalue weighted by Gasteiger charge is 2.05. The van der Waals surface area contributed by atoms with Gasteiger partial charge >= 0.3 is 0 Å².